The number of likely N-dealkylation sites (tertiary alicyclic amines) is 2. The van der Waals surface area contributed by atoms with Gasteiger partial charge in [-0.1, -0.05) is 56.3 Å². The Kier molecular flexibility index (Phi) is 11.1. The molecule has 0 radical (unpaired) electrons. The fourth-order valence-corrected chi connectivity index (χ4v) is 8.67. The number of phenolic OH excluding ortho intramolecular Hbond substituents is 1. The van der Waals surface area contributed by atoms with Crippen LogP contribution in [-0.2, 0) is 14.4 Å². The molecular weight excluding hydrogens is 771 g/mol. The van der Waals surface area contributed by atoms with Crippen LogP contribution in [0.1, 0.15) is 67.7 Å². The number of fused-ring (bicyclic) bond motifs is 1. The highest BCUT2D eigenvalue weighted by molar-refractivity contribution is 7.13. The third kappa shape index (κ3) is 8.25. The molecule has 0 unspecified atom stereocenters. The number of hydrogen-bond acceptors (Lipinski definition) is 12. The number of hydrogen-bond donors (Lipinski definition) is 3. The SMILES string of the molecule is Cc1ncsc1-c1ccc([C@H](C)NC(=O)[C@@H]2C[C@@H](O)CN2C(=O)[C@@H](c2cc(OCC(=O)N3CC(c4ccc5nnc(-c6ccccc6O)cc5c4)C3)no2)C(C)C)cc1. The lowest BCUT2D eigenvalue weighted by Crippen LogP contribution is -2.50. The number of carbonyl (C=O) groups excluding carboxylic acids is 3. The number of β-amino-alcohol motifs (C(OH)–C–C–N with tert-alkyl or cyclic N) is 1. The number of phenols is 1. The van der Waals surface area contributed by atoms with E-state index in [-0.39, 0.29) is 72.6 Å². The Morgan fingerprint density at radius 1 is 0.983 bits per heavy atom. The van der Waals surface area contributed by atoms with Crippen LogP contribution in [0, 0.1) is 12.8 Å². The van der Waals surface area contributed by atoms with Crippen LogP contribution in [0.2, 0.25) is 0 Å². The molecule has 2 saturated heterocycles. The van der Waals surface area contributed by atoms with E-state index in [4.69, 9.17) is 9.26 Å². The van der Waals surface area contributed by atoms with Crippen LogP contribution in [0.5, 0.6) is 11.6 Å². The van der Waals surface area contributed by atoms with E-state index in [1.807, 2.05) is 87.8 Å². The number of ether oxygens (including phenoxy) is 1. The quantitative estimate of drug-likeness (QED) is 0.132. The summed E-state index contributed by atoms with van der Waals surface area (Å²) in [5.74, 6) is -1.41. The van der Waals surface area contributed by atoms with Gasteiger partial charge in [0.05, 0.1) is 39.4 Å². The van der Waals surface area contributed by atoms with Crippen molar-refractivity contribution >= 4 is 40.0 Å². The molecule has 2 aliphatic rings. The summed E-state index contributed by atoms with van der Waals surface area (Å²) in [5.41, 5.74) is 7.71. The molecule has 6 aromatic rings. The first-order valence-electron chi connectivity index (χ1n) is 19.7. The first-order chi connectivity index (χ1) is 28.4. The Bertz CT molecular complexity index is 2500. The first kappa shape index (κ1) is 39.6. The zero-order valence-electron chi connectivity index (χ0n) is 33.1. The van der Waals surface area contributed by atoms with E-state index in [1.54, 1.807) is 34.4 Å². The fourth-order valence-electron chi connectivity index (χ4n) is 7.86. The zero-order valence-corrected chi connectivity index (χ0v) is 33.9. The Labute approximate surface area is 344 Å². The molecule has 4 atom stereocenters. The van der Waals surface area contributed by atoms with E-state index in [0.29, 0.717) is 24.3 Å². The summed E-state index contributed by atoms with van der Waals surface area (Å²) in [6.45, 7) is 8.37. The molecule has 3 N–H and O–H groups in total. The van der Waals surface area contributed by atoms with Crippen molar-refractivity contribution in [3.05, 3.63) is 107 Å². The van der Waals surface area contributed by atoms with Gasteiger partial charge in [0.15, 0.2) is 12.4 Å². The van der Waals surface area contributed by atoms with Gasteiger partial charge in [-0.25, -0.2) is 4.98 Å². The molecule has 5 heterocycles. The molecule has 14 nitrogen and oxygen atoms in total. The lowest BCUT2D eigenvalue weighted by atomic mass is 9.90. The number of aryl methyl sites for hydroxylation is 1. The average molecular weight is 816 g/mol. The summed E-state index contributed by atoms with van der Waals surface area (Å²) in [7, 11) is 0. The van der Waals surface area contributed by atoms with E-state index in [2.05, 4.69) is 25.7 Å². The molecule has 2 aliphatic heterocycles. The predicted octanol–water partition coefficient (Wildman–Crippen LogP) is 6.01. The maximum absolute atomic E-state index is 14.1. The Balaban J connectivity index is 0.859. The van der Waals surface area contributed by atoms with Gasteiger partial charge < -0.3 is 34.6 Å². The van der Waals surface area contributed by atoms with Crippen molar-refractivity contribution in [1.82, 2.24) is 35.5 Å². The van der Waals surface area contributed by atoms with Crippen LogP contribution >= 0.6 is 11.3 Å². The van der Waals surface area contributed by atoms with Gasteiger partial charge in [0.25, 0.3) is 11.8 Å². The van der Waals surface area contributed by atoms with Gasteiger partial charge in [-0.2, -0.15) is 0 Å². The van der Waals surface area contributed by atoms with E-state index in [0.717, 1.165) is 38.2 Å². The van der Waals surface area contributed by atoms with Crippen molar-refractivity contribution in [2.75, 3.05) is 26.2 Å². The molecule has 0 saturated carbocycles. The number of rotatable bonds is 12. The molecule has 3 aromatic carbocycles. The Morgan fingerprint density at radius 2 is 1.76 bits per heavy atom. The fraction of sp³-hybridized carbons (Fsp3) is 0.341. The smallest absolute Gasteiger partial charge is 0.260 e. The van der Waals surface area contributed by atoms with Crippen LogP contribution in [-0.4, -0.2) is 96.5 Å². The average Bonchev–Trinajstić information content (AvgIpc) is 3.96. The summed E-state index contributed by atoms with van der Waals surface area (Å²) in [5, 5.41) is 37.5. The number of aliphatic hydroxyl groups excluding tert-OH is 1. The van der Waals surface area contributed by atoms with Crippen molar-refractivity contribution in [2.45, 2.75) is 64.1 Å². The van der Waals surface area contributed by atoms with Gasteiger partial charge in [-0.3, -0.25) is 14.4 Å². The maximum atomic E-state index is 14.1. The van der Waals surface area contributed by atoms with Crippen molar-refractivity contribution in [3.8, 4) is 33.3 Å². The minimum atomic E-state index is -0.874. The summed E-state index contributed by atoms with van der Waals surface area (Å²) in [6.07, 6.45) is -0.752. The zero-order chi connectivity index (χ0) is 41.4. The monoisotopic (exact) mass is 815 g/mol. The van der Waals surface area contributed by atoms with Gasteiger partial charge in [0.1, 0.15) is 17.7 Å². The van der Waals surface area contributed by atoms with Crippen molar-refractivity contribution in [2.24, 2.45) is 5.92 Å². The molecule has 0 aliphatic carbocycles. The lowest BCUT2D eigenvalue weighted by Gasteiger charge is -2.39. The van der Waals surface area contributed by atoms with Gasteiger partial charge in [-0.15, -0.1) is 21.5 Å². The molecule has 59 heavy (non-hydrogen) atoms. The summed E-state index contributed by atoms with van der Waals surface area (Å²) >= 11 is 1.58. The highest BCUT2D eigenvalue weighted by Gasteiger charge is 2.43. The Hall–Kier alpha value is -6.19. The highest BCUT2D eigenvalue weighted by Crippen LogP contribution is 2.35. The van der Waals surface area contributed by atoms with E-state index in [9.17, 15) is 24.6 Å². The third-order valence-electron chi connectivity index (χ3n) is 11.2. The van der Waals surface area contributed by atoms with Gasteiger partial charge in [-0.05, 0) is 71.9 Å². The number of thiazole rings is 1. The lowest BCUT2D eigenvalue weighted by molar-refractivity contribution is -0.141. The van der Waals surface area contributed by atoms with Gasteiger partial charge >= 0.3 is 0 Å². The maximum Gasteiger partial charge on any atom is 0.260 e. The molecule has 8 rings (SSSR count). The largest absolute Gasteiger partial charge is 0.507 e. The van der Waals surface area contributed by atoms with Gasteiger partial charge in [0.2, 0.25) is 11.8 Å². The predicted molar refractivity (Wildman–Crippen MR) is 221 cm³/mol. The summed E-state index contributed by atoms with van der Waals surface area (Å²) in [4.78, 5) is 49.4. The molecule has 15 heteroatoms. The second-order valence-corrected chi connectivity index (χ2v) is 16.5. The van der Waals surface area contributed by atoms with E-state index in [1.165, 1.54) is 11.0 Å². The molecule has 304 valence electrons. The topological polar surface area (TPSA) is 184 Å². The van der Waals surface area contributed by atoms with Crippen LogP contribution in [0.4, 0.5) is 0 Å². The summed E-state index contributed by atoms with van der Waals surface area (Å²) < 4.78 is 11.3. The molecule has 0 spiro atoms. The Morgan fingerprint density at radius 3 is 2.49 bits per heavy atom. The van der Waals surface area contributed by atoms with Crippen LogP contribution in [0.15, 0.2) is 88.9 Å². The van der Waals surface area contributed by atoms with Gasteiger partial charge in [0, 0.05) is 49.0 Å². The van der Waals surface area contributed by atoms with Crippen LogP contribution < -0.4 is 10.1 Å². The van der Waals surface area contributed by atoms with E-state index < -0.39 is 18.1 Å². The molecule has 0 bridgehead atoms. The summed E-state index contributed by atoms with van der Waals surface area (Å²) in [6, 6.07) is 23.1. The molecule has 3 aromatic heterocycles. The number of amides is 3. The van der Waals surface area contributed by atoms with E-state index >= 15 is 0 Å². The second-order valence-electron chi connectivity index (χ2n) is 15.7. The number of aliphatic hydroxyl groups is 1. The second kappa shape index (κ2) is 16.6. The standard InChI is InChI=1S/C44H45N7O7S/c1-24(2)41(44(56)51-21-32(52)17-36(51)43(55)46-25(3)27-9-11-28(12-10-27)42-26(4)45-23-59-42)38-18-39(49-58-38)57-22-40(54)50-19-31(20-50)29-13-14-34-30(15-29)16-35(48-47-34)33-7-5-6-8-37(33)53/h5-16,18,23-25,31-32,36,41,52-53H,17,19-22H2,1-4H3,(H,46,55)/t25-,32+,36-,41+/m0/s1. The third-order valence-corrected chi connectivity index (χ3v) is 12.2. The number of aromatic hydroxyl groups is 1. The normalized spacial score (nSPS) is 17.9. The molecular formula is C44H45N7O7S. The number of para-hydroxylation sites is 1. The minimum absolute atomic E-state index is 0.00677. The number of carbonyl (C=O) groups is 3. The van der Waals surface area contributed by atoms with Crippen molar-refractivity contribution in [3.63, 3.8) is 0 Å². The van der Waals surface area contributed by atoms with Crippen LogP contribution in [0.25, 0.3) is 32.6 Å². The molecule has 3 amide bonds. The number of benzene rings is 3. The first-order valence-corrected chi connectivity index (χ1v) is 20.5. The number of aromatic nitrogens is 4. The van der Waals surface area contributed by atoms with Crippen molar-refractivity contribution < 1.29 is 33.9 Å². The number of nitrogens with zero attached hydrogens (tertiary/aromatic N) is 6. The molecule has 2 fully saturated rings. The van der Waals surface area contributed by atoms with Crippen LogP contribution in [0.3, 0.4) is 0 Å². The van der Waals surface area contributed by atoms with Crippen molar-refractivity contribution in [1.29, 1.82) is 0 Å². The highest BCUT2D eigenvalue weighted by atomic mass is 32.1. The minimum Gasteiger partial charge on any atom is -0.507 e. The number of nitrogens with one attached hydrogen (secondary N) is 1.